The lowest BCUT2D eigenvalue weighted by molar-refractivity contribution is -0.118. The summed E-state index contributed by atoms with van der Waals surface area (Å²) >= 11 is 6.10. The Hall–Kier alpha value is -0.830. The Morgan fingerprint density at radius 2 is 1.95 bits per heavy atom. The summed E-state index contributed by atoms with van der Waals surface area (Å²) in [6, 6.07) is 7.57. The molecular weight excluding hydrogens is 317 g/mol. The van der Waals surface area contributed by atoms with Crippen LogP contribution in [0.25, 0.3) is 6.08 Å². The summed E-state index contributed by atoms with van der Waals surface area (Å²) in [5.41, 5.74) is 0.893. The van der Waals surface area contributed by atoms with Crippen molar-refractivity contribution in [3.63, 3.8) is 0 Å². The molecule has 0 radical (unpaired) electrons. The van der Waals surface area contributed by atoms with Crippen molar-refractivity contribution in [2.75, 3.05) is 20.6 Å². The fraction of sp³-hybridized carbons (Fsp3) is 0.500. The highest BCUT2D eigenvalue weighted by Crippen LogP contribution is 2.18. The Labute approximate surface area is 145 Å². The van der Waals surface area contributed by atoms with Crippen molar-refractivity contribution < 1.29 is 4.79 Å². The molecule has 0 amide bonds. The number of carbonyl (C=O) groups excluding carboxylic acids is 1. The summed E-state index contributed by atoms with van der Waals surface area (Å²) in [5, 5.41) is 0.677. The molecule has 22 heavy (non-hydrogen) atoms. The van der Waals surface area contributed by atoms with Gasteiger partial charge in [-0.15, -0.1) is 12.4 Å². The third kappa shape index (κ3) is 7.98. The van der Waals surface area contributed by atoms with Crippen molar-refractivity contribution in [1.82, 2.24) is 4.90 Å². The number of hydrogen-bond donors (Lipinski definition) is 0. The highest BCUT2D eigenvalue weighted by Gasteiger charge is 2.16. The number of hydrogen-bond acceptors (Lipinski definition) is 2. The maximum absolute atomic E-state index is 12.4. The number of benzene rings is 1. The van der Waals surface area contributed by atoms with E-state index >= 15 is 0 Å². The van der Waals surface area contributed by atoms with Crippen LogP contribution in [0.1, 0.15) is 38.2 Å². The third-order valence-corrected chi connectivity index (χ3v) is 3.82. The van der Waals surface area contributed by atoms with E-state index in [1.54, 1.807) is 6.08 Å². The Bertz CT molecular complexity index is 472. The molecule has 0 heterocycles. The number of rotatable bonds is 9. The monoisotopic (exact) mass is 343 g/mol. The maximum atomic E-state index is 12.4. The van der Waals surface area contributed by atoms with Crippen molar-refractivity contribution in [2.45, 2.75) is 32.6 Å². The van der Waals surface area contributed by atoms with E-state index < -0.39 is 0 Å². The molecule has 1 rings (SSSR count). The molecule has 0 aliphatic rings. The van der Waals surface area contributed by atoms with Gasteiger partial charge in [-0.25, -0.2) is 0 Å². The number of ketones is 1. The normalized spacial score (nSPS) is 12.4. The van der Waals surface area contributed by atoms with Crippen molar-refractivity contribution >= 4 is 35.9 Å². The Balaban J connectivity index is 0.00000441. The van der Waals surface area contributed by atoms with E-state index in [0.29, 0.717) is 5.02 Å². The molecule has 1 aromatic rings. The molecule has 0 aliphatic carbocycles. The summed E-state index contributed by atoms with van der Waals surface area (Å²) in [6.45, 7) is 2.98. The van der Waals surface area contributed by atoms with Gasteiger partial charge in [-0.05, 0) is 44.3 Å². The van der Waals surface area contributed by atoms with Gasteiger partial charge in [0.1, 0.15) is 0 Å². The minimum Gasteiger partial charge on any atom is -0.309 e. The smallest absolute Gasteiger partial charge is 0.160 e. The Morgan fingerprint density at radius 3 is 2.55 bits per heavy atom. The zero-order valence-electron chi connectivity index (χ0n) is 13.7. The zero-order valence-corrected chi connectivity index (χ0v) is 15.3. The van der Waals surface area contributed by atoms with Crippen LogP contribution in [0.15, 0.2) is 30.3 Å². The van der Waals surface area contributed by atoms with Crippen molar-refractivity contribution in [1.29, 1.82) is 0 Å². The van der Waals surface area contributed by atoms with Crippen LogP contribution < -0.4 is 0 Å². The SMILES string of the molecule is CCCCCC(CN(C)C)C(=O)/C=C/c1ccccc1Cl.Cl. The van der Waals surface area contributed by atoms with Crippen LogP contribution in [0.4, 0.5) is 0 Å². The van der Waals surface area contributed by atoms with Gasteiger partial charge in [-0.3, -0.25) is 4.79 Å². The average Bonchev–Trinajstić information content (AvgIpc) is 2.45. The second-order valence-corrected chi connectivity index (χ2v) is 6.12. The minimum atomic E-state index is 0. The largest absolute Gasteiger partial charge is 0.309 e. The molecule has 0 saturated heterocycles. The van der Waals surface area contributed by atoms with E-state index in [4.69, 9.17) is 11.6 Å². The Morgan fingerprint density at radius 1 is 1.27 bits per heavy atom. The molecule has 0 N–H and O–H groups in total. The van der Waals surface area contributed by atoms with Gasteiger partial charge in [0, 0.05) is 17.5 Å². The average molecular weight is 344 g/mol. The summed E-state index contributed by atoms with van der Waals surface area (Å²) < 4.78 is 0. The van der Waals surface area contributed by atoms with E-state index in [2.05, 4.69) is 11.8 Å². The van der Waals surface area contributed by atoms with Crippen LogP contribution in [-0.4, -0.2) is 31.3 Å². The van der Waals surface area contributed by atoms with Gasteiger partial charge in [-0.1, -0.05) is 56.0 Å². The lowest BCUT2D eigenvalue weighted by atomic mass is 9.95. The molecule has 124 valence electrons. The molecule has 1 atom stereocenters. The van der Waals surface area contributed by atoms with Gasteiger partial charge in [0.05, 0.1) is 0 Å². The Kier molecular flexibility index (Phi) is 11.3. The first-order valence-corrected chi connectivity index (χ1v) is 8.03. The lowest BCUT2D eigenvalue weighted by Gasteiger charge is -2.18. The van der Waals surface area contributed by atoms with Crippen molar-refractivity contribution in [3.8, 4) is 0 Å². The van der Waals surface area contributed by atoms with Gasteiger partial charge >= 0.3 is 0 Å². The standard InChI is InChI=1S/C18H26ClNO.ClH/c1-4-5-6-10-16(14-20(2)3)18(21)13-12-15-9-7-8-11-17(15)19;/h7-9,11-13,16H,4-6,10,14H2,1-3H3;1H/b13-12+;. The maximum Gasteiger partial charge on any atom is 0.160 e. The summed E-state index contributed by atoms with van der Waals surface area (Å²) in [5.74, 6) is 0.269. The molecular formula is C18H27Cl2NO. The predicted octanol–water partition coefficient (Wildman–Crippen LogP) is 5.10. The van der Waals surface area contributed by atoms with E-state index in [-0.39, 0.29) is 24.1 Å². The summed E-state index contributed by atoms with van der Waals surface area (Å²) in [7, 11) is 4.02. The van der Waals surface area contributed by atoms with E-state index in [9.17, 15) is 4.79 Å². The van der Waals surface area contributed by atoms with E-state index in [1.807, 2.05) is 44.4 Å². The fourth-order valence-electron chi connectivity index (χ4n) is 2.32. The molecule has 1 unspecified atom stereocenters. The van der Waals surface area contributed by atoms with Crippen LogP contribution in [0.3, 0.4) is 0 Å². The second-order valence-electron chi connectivity index (χ2n) is 5.71. The van der Waals surface area contributed by atoms with Gasteiger partial charge in [0.25, 0.3) is 0 Å². The van der Waals surface area contributed by atoms with Crippen LogP contribution in [0.5, 0.6) is 0 Å². The molecule has 0 spiro atoms. The molecule has 0 aromatic heterocycles. The van der Waals surface area contributed by atoms with Crippen LogP contribution in [0, 0.1) is 5.92 Å². The number of nitrogens with zero attached hydrogens (tertiary/aromatic N) is 1. The minimum absolute atomic E-state index is 0. The number of carbonyl (C=O) groups is 1. The van der Waals surface area contributed by atoms with Gasteiger partial charge in [0.2, 0.25) is 0 Å². The summed E-state index contributed by atoms with van der Waals surface area (Å²) in [6.07, 6.45) is 7.94. The topological polar surface area (TPSA) is 20.3 Å². The quantitative estimate of drug-likeness (QED) is 0.459. The molecule has 4 heteroatoms. The number of allylic oxidation sites excluding steroid dienone is 1. The third-order valence-electron chi connectivity index (χ3n) is 3.48. The lowest BCUT2D eigenvalue weighted by Crippen LogP contribution is -2.27. The van der Waals surface area contributed by atoms with Crippen LogP contribution >= 0.6 is 24.0 Å². The molecule has 1 aromatic carbocycles. The highest BCUT2D eigenvalue weighted by atomic mass is 35.5. The van der Waals surface area contributed by atoms with E-state index in [1.165, 1.54) is 12.8 Å². The highest BCUT2D eigenvalue weighted by molar-refractivity contribution is 6.32. The van der Waals surface area contributed by atoms with Gasteiger partial charge in [-0.2, -0.15) is 0 Å². The van der Waals surface area contributed by atoms with Crippen molar-refractivity contribution in [3.05, 3.63) is 40.9 Å². The zero-order chi connectivity index (χ0) is 15.7. The van der Waals surface area contributed by atoms with Gasteiger partial charge < -0.3 is 4.90 Å². The van der Waals surface area contributed by atoms with Crippen LogP contribution in [-0.2, 0) is 4.79 Å². The van der Waals surface area contributed by atoms with Crippen LogP contribution in [0.2, 0.25) is 5.02 Å². The first kappa shape index (κ1) is 21.2. The number of halogens is 2. The van der Waals surface area contributed by atoms with Gasteiger partial charge in [0.15, 0.2) is 5.78 Å². The second kappa shape index (κ2) is 11.7. The first-order valence-electron chi connectivity index (χ1n) is 7.65. The van der Waals surface area contributed by atoms with E-state index in [0.717, 1.165) is 24.9 Å². The molecule has 0 saturated carbocycles. The molecule has 2 nitrogen and oxygen atoms in total. The van der Waals surface area contributed by atoms with Crippen molar-refractivity contribution in [2.24, 2.45) is 5.92 Å². The number of unbranched alkanes of at least 4 members (excludes halogenated alkanes) is 2. The predicted molar refractivity (Wildman–Crippen MR) is 98.9 cm³/mol. The fourth-order valence-corrected chi connectivity index (χ4v) is 2.52. The molecule has 0 bridgehead atoms. The summed E-state index contributed by atoms with van der Waals surface area (Å²) in [4.78, 5) is 14.5. The first-order chi connectivity index (χ1) is 10.0. The molecule has 0 aliphatic heterocycles. The molecule has 0 fully saturated rings.